The van der Waals surface area contributed by atoms with Crippen LogP contribution in [-0.2, 0) is 17.6 Å². The molecule has 4 nitrogen and oxygen atoms in total. The number of hydrogen-bond acceptors (Lipinski definition) is 2. The number of carbonyl (C=O) groups excluding carboxylic acids is 1. The van der Waals surface area contributed by atoms with Crippen molar-refractivity contribution < 1.29 is 13.6 Å². The van der Waals surface area contributed by atoms with Crippen molar-refractivity contribution in [1.82, 2.24) is 14.5 Å². The minimum absolute atomic E-state index is 0.00785. The molecule has 2 heterocycles. The molecule has 1 saturated heterocycles. The van der Waals surface area contributed by atoms with Gasteiger partial charge in [-0.15, -0.1) is 0 Å². The van der Waals surface area contributed by atoms with Crippen molar-refractivity contribution in [2.75, 3.05) is 13.1 Å². The second-order valence-corrected chi connectivity index (χ2v) is 6.45. The Morgan fingerprint density at radius 1 is 1.36 bits per heavy atom. The van der Waals surface area contributed by atoms with Crippen molar-refractivity contribution in [1.29, 1.82) is 0 Å². The van der Waals surface area contributed by atoms with Gasteiger partial charge in [-0.25, -0.2) is 13.8 Å². The van der Waals surface area contributed by atoms with Crippen LogP contribution in [0.15, 0.2) is 30.6 Å². The van der Waals surface area contributed by atoms with Crippen LogP contribution in [0.25, 0.3) is 0 Å². The number of amides is 1. The average Bonchev–Trinajstić information content (AvgIpc) is 3.11. The second kappa shape index (κ2) is 7.76. The fraction of sp³-hybridized carbons (Fsp3) is 0.474. The number of hydrogen-bond donors (Lipinski definition) is 0. The molecule has 6 heteroatoms. The van der Waals surface area contributed by atoms with Gasteiger partial charge in [0.05, 0.1) is 6.04 Å². The van der Waals surface area contributed by atoms with Crippen LogP contribution in [-0.4, -0.2) is 33.4 Å². The maximum atomic E-state index is 13.7. The van der Waals surface area contributed by atoms with E-state index in [1.807, 2.05) is 11.1 Å². The lowest BCUT2D eigenvalue weighted by atomic mass is 10.0. The minimum Gasteiger partial charge on any atom is -0.341 e. The molecule has 1 aliphatic heterocycles. The molecule has 0 N–H and O–H groups in total. The van der Waals surface area contributed by atoms with Gasteiger partial charge in [0.1, 0.15) is 5.82 Å². The first-order valence-electron chi connectivity index (χ1n) is 8.82. The lowest BCUT2D eigenvalue weighted by Gasteiger charge is -2.34. The molecule has 1 aliphatic rings. The minimum atomic E-state index is -0.866. The molecule has 1 amide bonds. The van der Waals surface area contributed by atoms with Crippen LogP contribution >= 0.6 is 0 Å². The van der Waals surface area contributed by atoms with Gasteiger partial charge in [-0.2, -0.15) is 0 Å². The second-order valence-electron chi connectivity index (χ2n) is 6.45. The van der Waals surface area contributed by atoms with Gasteiger partial charge >= 0.3 is 0 Å². The first-order valence-corrected chi connectivity index (χ1v) is 8.82. The number of aryl methyl sites for hydroxylation is 2. The Kier molecular flexibility index (Phi) is 5.46. The third kappa shape index (κ3) is 3.89. The molecule has 134 valence electrons. The summed E-state index contributed by atoms with van der Waals surface area (Å²) in [4.78, 5) is 18.7. The molecule has 1 fully saturated rings. The van der Waals surface area contributed by atoms with E-state index in [1.54, 1.807) is 6.20 Å². The topological polar surface area (TPSA) is 38.1 Å². The normalized spacial score (nSPS) is 17.7. The van der Waals surface area contributed by atoms with E-state index >= 15 is 0 Å². The van der Waals surface area contributed by atoms with E-state index in [0.29, 0.717) is 6.54 Å². The molecule has 0 unspecified atom stereocenters. The lowest BCUT2D eigenvalue weighted by molar-refractivity contribution is -0.132. The lowest BCUT2D eigenvalue weighted by Crippen LogP contribution is -2.41. The third-order valence-electron chi connectivity index (χ3n) is 4.85. The highest BCUT2D eigenvalue weighted by Gasteiger charge is 2.25. The highest BCUT2D eigenvalue weighted by molar-refractivity contribution is 5.76. The quantitative estimate of drug-likeness (QED) is 0.830. The van der Waals surface area contributed by atoms with Gasteiger partial charge in [0.2, 0.25) is 5.91 Å². The van der Waals surface area contributed by atoms with Gasteiger partial charge in [-0.3, -0.25) is 4.79 Å². The molecule has 1 aromatic heterocycles. The van der Waals surface area contributed by atoms with Crippen molar-refractivity contribution in [3.8, 4) is 0 Å². The molecule has 3 rings (SSSR count). The van der Waals surface area contributed by atoms with Crippen LogP contribution in [0.2, 0.25) is 0 Å². The Bertz CT molecular complexity index is 744. The number of nitrogens with zero attached hydrogens (tertiary/aromatic N) is 3. The average molecular weight is 347 g/mol. The maximum Gasteiger partial charge on any atom is 0.222 e. The summed E-state index contributed by atoms with van der Waals surface area (Å²) in [5.41, 5.74) is 0.254. The zero-order valence-corrected chi connectivity index (χ0v) is 14.4. The van der Waals surface area contributed by atoms with E-state index in [2.05, 4.69) is 16.5 Å². The van der Waals surface area contributed by atoms with E-state index in [0.717, 1.165) is 37.7 Å². The van der Waals surface area contributed by atoms with Gasteiger partial charge < -0.3 is 9.47 Å². The number of likely N-dealkylation sites (tertiary alicyclic amines) is 1. The summed E-state index contributed by atoms with van der Waals surface area (Å²) in [6.45, 7) is 3.43. The van der Waals surface area contributed by atoms with Crippen LogP contribution < -0.4 is 0 Å². The molecular weight excluding hydrogens is 324 g/mol. The standard InChI is InChI=1S/C19H23F2N3O/c1-2-17-22-10-12-24(17)15-6-4-11-23(13-15)18(25)9-8-14-5-3-7-16(20)19(14)21/h3,5,7,10,12,15H,2,4,6,8-9,11,13H2,1H3/t15-/m0/s1. The number of carbonyl (C=O) groups is 1. The van der Waals surface area contributed by atoms with E-state index in [9.17, 15) is 13.6 Å². The zero-order valence-electron chi connectivity index (χ0n) is 14.4. The Balaban J connectivity index is 1.61. The smallest absolute Gasteiger partial charge is 0.222 e. The monoisotopic (exact) mass is 347 g/mol. The van der Waals surface area contributed by atoms with Crippen LogP contribution in [0.1, 0.15) is 43.6 Å². The van der Waals surface area contributed by atoms with Gasteiger partial charge in [0, 0.05) is 38.3 Å². The summed E-state index contributed by atoms with van der Waals surface area (Å²) < 4.78 is 29.1. The molecule has 0 saturated carbocycles. The number of piperidine rings is 1. The SMILES string of the molecule is CCc1nccn1[C@H]1CCCN(C(=O)CCc2cccc(F)c2F)C1. The van der Waals surface area contributed by atoms with Gasteiger partial charge in [0.15, 0.2) is 11.6 Å². The Hall–Kier alpha value is -2.24. The van der Waals surface area contributed by atoms with Gasteiger partial charge in [-0.05, 0) is 30.9 Å². The number of benzene rings is 1. The Morgan fingerprint density at radius 2 is 2.20 bits per heavy atom. The molecule has 1 atom stereocenters. The summed E-state index contributed by atoms with van der Waals surface area (Å²) in [6.07, 6.45) is 6.99. The van der Waals surface area contributed by atoms with Gasteiger partial charge in [0.25, 0.3) is 0 Å². The number of halogens is 2. The fourth-order valence-electron chi connectivity index (χ4n) is 3.50. The van der Waals surface area contributed by atoms with E-state index in [-0.39, 0.29) is 30.4 Å². The van der Waals surface area contributed by atoms with Gasteiger partial charge in [-0.1, -0.05) is 19.1 Å². The Labute approximate surface area is 146 Å². The number of rotatable bonds is 5. The van der Waals surface area contributed by atoms with Crippen LogP contribution in [0.5, 0.6) is 0 Å². The largest absolute Gasteiger partial charge is 0.341 e. The third-order valence-corrected chi connectivity index (χ3v) is 4.85. The zero-order chi connectivity index (χ0) is 17.8. The first kappa shape index (κ1) is 17.6. The van der Waals surface area contributed by atoms with E-state index < -0.39 is 11.6 Å². The fourth-order valence-corrected chi connectivity index (χ4v) is 3.50. The summed E-state index contributed by atoms with van der Waals surface area (Å²) in [7, 11) is 0. The summed E-state index contributed by atoms with van der Waals surface area (Å²) in [6, 6.07) is 4.33. The van der Waals surface area contributed by atoms with E-state index in [1.165, 1.54) is 12.1 Å². The van der Waals surface area contributed by atoms with Crippen LogP contribution in [0, 0.1) is 11.6 Å². The molecule has 1 aromatic carbocycles. The van der Waals surface area contributed by atoms with Crippen LogP contribution in [0.4, 0.5) is 8.78 Å². The van der Waals surface area contributed by atoms with Crippen molar-refractivity contribution in [3.63, 3.8) is 0 Å². The Morgan fingerprint density at radius 3 is 3.00 bits per heavy atom. The molecule has 25 heavy (non-hydrogen) atoms. The summed E-state index contributed by atoms with van der Waals surface area (Å²) in [5, 5.41) is 0. The predicted octanol–water partition coefficient (Wildman–Crippen LogP) is 3.52. The molecule has 0 radical (unpaired) electrons. The molecular formula is C19H23F2N3O. The number of imidazole rings is 1. The predicted molar refractivity (Wildman–Crippen MR) is 91.1 cm³/mol. The van der Waals surface area contributed by atoms with Crippen molar-refractivity contribution in [2.24, 2.45) is 0 Å². The van der Waals surface area contributed by atoms with Crippen molar-refractivity contribution in [2.45, 2.75) is 45.1 Å². The summed E-state index contributed by atoms with van der Waals surface area (Å²) in [5.74, 6) is -0.694. The van der Waals surface area contributed by atoms with Crippen molar-refractivity contribution >= 4 is 5.91 Å². The molecule has 0 bridgehead atoms. The number of aromatic nitrogens is 2. The maximum absolute atomic E-state index is 13.7. The molecule has 2 aromatic rings. The van der Waals surface area contributed by atoms with E-state index in [4.69, 9.17) is 0 Å². The van der Waals surface area contributed by atoms with Crippen molar-refractivity contribution in [3.05, 3.63) is 53.6 Å². The van der Waals surface area contributed by atoms with Crippen LogP contribution in [0.3, 0.4) is 0 Å². The molecule has 0 spiro atoms. The molecule has 0 aliphatic carbocycles. The summed E-state index contributed by atoms with van der Waals surface area (Å²) >= 11 is 0. The highest BCUT2D eigenvalue weighted by Crippen LogP contribution is 2.24. The highest BCUT2D eigenvalue weighted by atomic mass is 19.2. The first-order chi connectivity index (χ1) is 12.1.